The number of thioether (sulfide) groups is 2. The van der Waals surface area contributed by atoms with Gasteiger partial charge in [-0.1, -0.05) is 12.8 Å². The van der Waals surface area contributed by atoms with Gasteiger partial charge in [-0.15, -0.1) is 0 Å². The van der Waals surface area contributed by atoms with Gasteiger partial charge in [-0.3, -0.25) is 24.0 Å². The van der Waals surface area contributed by atoms with Gasteiger partial charge >= 0.3 is 12.1 Å². The molecule has 13 N–H and O–H groups in total. The molecule has 1 aromatic heterocycles. The van der Waals surface area contributed by atoms with Gasteiger partial charge < -0.3 is 102 Å². The fraction of sp³-hybridized carbons (Fsp3) is 0.761. The molecule has 1 aromatic carbocycles. The van der Waals surface area contributed by atoms with Crippen LogP contribution in [0.4, 0.5) is 33.1 Å². The van der Waals surface area contributed by atoms with E-state index in [9.17, 15) is 33.6 Å². The first-order valence-electron chi connectivity index (χ1n) is 36.2. The molecule has 0 radical (unpaired) electrons. The van der Waals surface area contributed by atoms with Crippen molar-refractivity contribution in [2.24, 2.45) is 17.4 Å². The average molecular weight is 1420 g/mol. The zero-order valence-electron chi connectivity index (χ0n) is 57.6. The molecule has 6 atom stereocenters. The minimum absolute atomic E-state index is 0.0422. The van der Waals surface area contributed by atoms with Gasteiger partial charge in [-0.2, -0.15) is 38.5 Å². The number of hydrogen-bond donors (Lipinski definition) is 11. The van der Waals surface area contributed by atoms with Crippen LogP contribution in [0.15, 0.2) is 18.2 Å². The largest absolute Gasteiger partial charge is 0.379 e. The van der Waals surface area contributed by atoms with Gasteiger partial charge in [-0.25, -0.2) is 9.59 Å². The number of amides is 9. The molecule has 7 aliphatic rings. The topological polar surface area (TPSA) is 384 Å². The summed E-state index contributed by atoms with van der Waals surface area (Å²) in [5, 5.41) is 27.6. The van der Waals surface area contributed by atoms with E-state index in [1.807, 2.05) is 23.5 Å². The summed E-state index contributed by atoms with van der Waals surface area (Å²) in [7, 11) is 0. The summed E-state index contributed by atoms with van der Waals surface area (Å²) < 4.78 is 34.1. The molecule has 99 heavy (non-hydrogen) atoms. The molecular formula is C67H109N17O13S2. The number of carbonyl (C=O) groups excluding carboxylic acids is 7. The van der Waals surface area contributed by atoms with Gasteiger partial charge in [-0.05, 0) is 108 Å². The first-order chi connectivity index (χ1) is 48.3. The van der Waals surface area contributed by atoms with Crippen molar-refractivity contribution in [3.63, 3.8) is 0 Å². The normalized spacial score (nSPS) is 21.7. The van der Waals surface area contributed by atoms with Crippen molar-refractivity contribution in [3.8, 4) is 0 Å². The maximum Gasteiger partial charge on any atom is 0.315 e. The molecule has 7 fully saturated rings. The van der Waals surface area contributed by atoms with Crippen LogP contribution in [0.3, 0.4) is 0 Å². The second kappa shape index (κ2) is 42.4. The Labute approximate surface area is 590 Å². The molecule has 9 rings (SSSR count). The van der Waals surface area contributed by atoms with Gasteiger partial charge in [0, 0.05) is 162 Å². The molecule has 552 valence electrons. The van der Waals surface area contributed by atoms with Crippen LogP contribution in [0.5, 0.6) is 0 Å². The molecule has 0 bridgehead atoms. The molecular weight excluding hydrogens is 1310 g/mol. The summed E-state index contributed by atoms with van der Waals surface area (Å²) in [4.78, 5) is 111. The lowest BCUT2D eigenvalue weighted by Gasteiger charge is -2.35. The van der Waals surface area contributed by atoms with Crippen molar-refractivity contribution in [2.75, 3.05) is 176 Å². The lowest BCUT2D eigenvalue weighted by molar-refractivity contribution is -0.122. The molecule has 0 spiro atoms. The van der Waals surface area contributed by atoms with Crippen LogP contribution in [-0.2, 0) is 42.8 Å². The SMILES string of the molecule is NC1CCN(c2nc(N3CCC(N)CC3)nc(N3CCC(C(=O)Nc4cc(C(=O)NCCCOCCOCCOCCCNC(=O)CCCCC5SCC6NC(=O)NC65)cc(C(=O)NCCCOCCOCCOCCCNC(=O)CCCCC5SCC6NC(=O)NC65)c4)CC3)n2)CC1. The number of benzene rings is 1. The van der Waals surface area contributed by atoms with Crippen LogP contribution in [-0.4, -0.2) is 260 Å². The fourth-order valence-corrected chi connectivity index (χ4v) is 16.2. The zero-order valence-corrected chi connectivity index (χ0v) is 59.2. The third-order valence-electron chi connectivity index (χ3n) is 18.8. The number of unbranched alkanes of at least 4 members (excludes halogenated alkanes) is 2. The fourth-order valence-electron chi connectivity index (χ4n) is 13.1. The number of carbonyl (C=O) groups is 7. The first kappa shape index (κ1) is 77.1. The lowest BCUT2D eigenvalue weighted by Crippen LogP contribution is -2.43. The number of aromatic nitrogens is 3. The van der Waals surface area contributed by atoms with Crippen molar-refractivity contribution >= 4 is 88.7 Å². The van der Waals surface area contributed by atoms with Crippen molar-refractivity contribution in [1.82, 2.24) is 57.5 Å². The van der Waals surface area contributed by atoms with E-state index in [0.29, 0.717) is 204 Å². The second-order valence-electron chi connectivity index (χ2n) is 26.5. The molecule has 7 aliphatic heterocycles. The van der Waals surface area contributed by atoms with Crippen LogP contribution < -0.4 is 74.0 Å². The molecule has 0 saturated carbocycles. The quantitative estimate of drug-likeness (QED) is 0.0335. The highest BCUT2D eigenvalue weighted by Crippen LogP contribution is 2.35. The van der Waals surface area contributed by atoms with Crippen LogP contribution in [0.2, 0.25) is 0 Å². The monoisotopic (exact) mass is 1420 g/mol. The van der Waals surface area contributed by atoms with Crippen LogP contribution in [0.25, 0.3) is 0 Å². The Morgan fingerprint density at radius 2 is 0.808 bits per heavy atom. The highest BCUT2D eigenvalue weighted by molar-refractivity contribution is 8.00. The number of anilines is 4. The van der Waals surface area contributed by atoms with E-state index >= 15 is 0 Å². The maximum atomic E-state index is 14.1. The van der Waals surface area contributed by atoms with E-state index in [1.165, 1.54) is 6.07 Å². The van der Waals surface area contributed by atoms with E-state index in [4.69, 9.17) is 54.8 Å². The number of nitrogens with two attached hydrogens (primary N) is 2. The Morgan fingerprint density at radius 1 is 0.455 bits per heavy atom. The minimum Gasteiger partial charge on any atom is -0.379 e. The van der Waals surface area contributed by atoms with Gasteiger partial charge in [0.15, 0.2) is 0 Å². The van der Waals surface area contributed by atoms with Gasteiger partial charge in [0.1, 0.15) is 0 Å². The molecule has 7 saturated heterocycles. The van der Waals surface area contributed by atoms with Crippen LogP contribution in [0, 0.1) is 5.92 Å². The molecule has 30 nitrogen and oxygen atoms in total. The highest BCUT2D eigenvalue weighted by atomic mass is 32.2. The number of fused-ring (bicyclic) bond motifs is 2. The third-order valence-corrected chi connectivity index (χ3v) is 21.9. The van der Waals surface area contributed by atoms with E-state index in [1.54, 1.807) is 12.1 Å². The second-order valence-corrected chi connectivity index (χ2v) is 29.0. The molecule has 0 aliphatic carbocycles. The summed E-state index contributed by atoms with van der Waals surface area (Å²) in [6, 6.07) is 5.67. The van der Waals surface area contributed by atoms with E-state index in [-0.39, 0.29) is 83.1 Å². The van der Waals surface area contributed by atoms with Gasteiger partial charge in [0.05, 0.1) is 77.0 Å². The summed E-state index contributed by atoms with van der Waals surface area (Å²) in [5.74, 6) is 2.43. The van der Waals surface area contributed by atoms with Crippen molar-refractivity contribution in [1.29, 1.82) is 0 Å². The van der Waals surface area contributed by atoms with E-state index < -0.39 is 11.8 Å². The summed E-state index contributed by atoms with van der Waals surface area (Å²) in [5.41, 5.74) is 13.3. The standard InChI is InChI=1S/C67H109N17O13S2/c68-49-15-25-83(26-16-49)64-79-63(80-65(81-64)84-27-17-50(69)18-28-84)82-23-13-46(14-24-82)62(89)74-51-42-47(60(87)72-21-7-31-94-35-39-96-37-33-92-29-5-19-70-56(85)11-3-1-9-54-58-52(44-98-54)75-66(90)77-58)41-48(43-51)61(88)73-22-8-32-95-36-40-97-38-34-93-30-6-20-71-57(86)12-4-2-10-55-59-53(45-99-55)76-67(91)78-59/h41-43,46,49-50,52-55,58-59H,1-40,44-45,68-69H2,(H,70,85)(H,71,86)(H,72,87)(H,73,88)(H,74,89)(H2,75,77,90)(H2,76,78,91). The number of hydrogen-bond acceptors (Lipinski definition) is 23. The molecule has 9 amide bonds. The smallest absolute Gasteiger partial charge is 0.315 e. The Kier molecular flexibility index (Phi) is 33.0. The number of urea groups is 2. The molecule has 2 aromatic rings. The average Bonchev–Trinajstić information content (AvgIpc) is 1.65. The number of nitrogens with one attached hydrogen (secondary N) is 9. The van der Waals surface area contributed by atoms with Crippen LogP contribution >= 0.6 is 23.5 Å². The molecule has 6 unspecified atom stereocenters. The summed E-state index contributed by atoms with van der Waals surface area (Å²) >= 11 is 3.78. The van der Waals surface area contributed by atoms with E-state index in [2.05, 4.69) is 62.6 Å². The minimum atomic E-state index is -0.405. The lowest BCUT2D eigenvalue weighted by atomic mass is 9.96. The Balaban J connectivity index is 0.637. The number of piperidine rings is 3. The third kappa shape index (κ3) is 26.3. The Morgan fingerprint density at radius 3 is 1.19 bits per heavy atom. The predicted octanol–water partition coefficient (Wildman–Crippen LogP) is 2.39. The summed E-state index contributed by atoms with van der Waals surface area (Å²) in [6.07, 6.45) is 13.4. The molecule has 32 heteroatoms. The zero-order chi connectivity index (χ0) is 69.4. The van der Waals surface area contributed by atoms with Crippen molar-refractivity contribution in [2.45, 2.75) is 162 Å². The van der Waals surface area contributed by atoms with Crippen molar-refractivity contribution < 1.29 is 62.0 Å². The molecule has 8 heterocycles. The van der Waals surface area contributed by atoms with Gasteiger partial charge in [0.2, 0.25) is 35.6 Å². The Hall–Kier alpha value is -6.10. The van der Waals surface area contributed by atoms with E-state index in [0.717, 1.165) is 102 Å². The maximum absolute atomic E-state index is 14.1. The summed E-state index contributed by atoms with van der Waals surface area (Å²) in [6.45, 7) is 10.8. The Bertz CT molecular complexity index is 2700. The van der Waals surface area contributed by atoms with Crippen LogP contribution in [0.1, 0.15) is 136 Å². The van der Waals surface area contributed by atoms with Crippen molar-refractivity contribution in [3.05, 3.63) is 29.3 Å². The predicted molar refractivity (Wildman–Crippen MR) is 381 cm³/mol. The number of ether oxygens (including phenoxy) is 6. The first-order valence-corrected chi connectivity index (χ1v) is 38.3. The van der Waals surface area contributed by atoms with Gasteiger partial charge in [0.25, 0.3) is 11.8 Å². The number of nitrogens with zero attached hydrogens (tertiary/aromatic N) is 6. The highest BCUT2D eigenvalue weighted by Gasteiger charge is 2.44. The number of rotatable bonds is 45.